The fourth-order valence-electron chi connectivity index (χ4n) is 1.58. The maximum Gasteiger partial charge on any atom is 0.0992 e. The third-order valence-electron chi connectivity index (χ3n) is 2.28. The number of anilines is 1. The second kappa shape index (κ2) is 3.08. The van der Waals surface area contributed by atoms with Crippen LogP contribution < -0.4 is 11.1 Å². The molecule has 1 atom stereocenters. The lowest BCUT2D eigenvalue weighted by Gasteiger charge is -2.23. The first kappa shape index (κ1) is 8.09. The molecule has 0 aliphatic carbocycles. The highest BCUT2D eigenvalue weighted by atomic mass is 14.9. The predicted molar refractivity (Wildman–Crippen MR) is 51.3 cm³/mol. The second-order valence-corrected chi connectivity index (χ2v) is 3.33. The Morgan fingerprint density at radius 2 is 2.38 bits per heavy atom. The summed E-state index contributed by atoms with van der Waals surface area (Å²) in [6.07, 6.45) is 0.897. The van der Waals surface area contributed by atoms with Crippen LogP contribution in [0.15, 0.2) is 18.2 Å². The van der Waals surface area contributed by atoms with Gasteiger partial charge in [0.25, 0.3) is 0 Å². The summed E-state index contributed by atoms with van der Waals surface area (Å²) in [4.78, 5) is 0. The molecule has 1 aromatic rings. The minimum atomic E-state index is 0.195. The molecule has 0 amide bonds. The van der Waals surface area contributed by atoms with Gasteiger partial charge in [0.15, 0.2) is 0 Å². The smallest absolute Gasteiger partial charge is 0.0992 e. The van der Waals surface area contributed by atoms with Crippen LogP contribution in [0.5, 0.6) is 0 Å². The lowest BCUT2D eigenvalue weighted by Crippen LogP contribution is -2.35. The van der Waals surface area contributed by atoms with Gasteiger partial charge in [-0.3, -0.25) is 0 Å². The van der Waals surface area contributed by atoms with E-state index in [0.717, 1.165) is 18.7 Å². The molecule has 1 aliphatic rings. The Hall–Kier alpha value is -1.53. The lowest BCUT2D eigenvalue weighted by molar-refractivity contribution is 0.679. The molecule has 66 valence electrons. The molecule has 0 aromatic heterocycles. The van der Waals surface area contributed by atoms with Gasteiger partial charge in [0.05, 0.1) is 11.6 Å². The van der Waals surface area contributed by atoms with Crippen LogP contribution in [-0.2, 0) is 6.42 Å². The molecule has 3 nitrogen and oxygen atoms in total. The average molecular weight is 173 g/mol. The molecule has 0 spiro atoms. The Balaban J connectivity index is 2.38. The van der Waals surface area contributed by atoms with Gasteiger partial charge in [-0.1, -0.05) is 6.07 Å². The van der Waals surface area contributed by atoms with Gasteiger partial charge < -0.3 is 11.1 Å². The summed E-state index contributed by atoms with van der Waals surface area (Å²) in [6, 6.07) is 7.99. The van der Waals surface area contributed by atoms with Gasteiger partial charge in [-0.2, -0.15) is 5.26 Å². The largest absolute Gasteiger partial charge is 0.383 e. The highest BCUT2D eigenvalue weighted by molar-refractivity contribution is 5.57. The van der Waals surface area contributed by atoms with Crippen molar-refractivity contribution >= 4 is 5.69 Å². The van der Waals surface area contributed by atoms with E-state index in [4.69, 9.17) is 11.0 Å². The monoisotopic (exact) mass is 173 g/mol. The topological polar surface area (TPSA) is 61.8 Å². The quantitative estimate of drug-likeness (QED) is 0.611. The van der Waals surface area contributed by atoms with Gasteiger partial charge in [-0.15, -0.1) is 0 Å². The van der Waals surface area contributed by atoms with Crippen LogP contribution in [0.3, 0.4) is 0 Å². The number of nitrogens with zero attached hydrogens (tertiary/aromatic N) is 1. The van der Waals surface area contributed by atoms with Crippen LogP contribution in [0.1, 0.15) is 11.1 Å². The Morgan fingerprint density at radius 3 is 3.15 bits per heavy atom. The van der Waals surface area contributed by atoms with Gasteiger partial charge in [0.2, 0.25) is 0 Å². The average Bonchev–Trinajstić information content (AvgIpc) is 2.17. The van der Waals surface area contributed by atoms with E-state index in [1.54, 1.807) is 0 Å². The Labute approximate surface area is 77.2 Å². The SMILES string of the molecule is N#Cc1ccc2c(c1)NC[C@H](N)C2. The Morgan fingerprint density at radius 1 is 1.54 bits per heavy atom. The molecule has 1 heterocycles. The first-order chi connectivity index (χ1) is 6.29. The van der Waals surface area contributed by atoms with Gasteiger partial charge in [-0.25, -0.2) is 0 Å². The molecule has 0 fully saturated rings. The van der Waals surface area contributed by atoms with Crippen LogP contribution in [0, 0.1) is 11.3 Å². The second-order valence-electron chi connectivity index (χ2n) is 3.33. The molecule has 3 heteroatoms. The molecule has 1 aliphatic heterocycles. The maximum absolute atomic E-state index is 8.69. The summed E-state index contributed by atoms with van der Waals surface area (Å²) in [5.41, 5.74) is 8.75. The van der Waals surface area contributed by atoms with Crippen LogP contribution >= 0.6 is 0 Å². The summed E-state index contributed by atoms with van der Waals surface area (Å²) in [6.45, 7) is 0.794. The van der Waals surface area contributed by atoms with Crippen molar-refractivity contribution in [1.29, 1.82) is 5.26 Å². The summed E-state index contributed by atoms with van der Waals surface area (Å²) < 4.78 is 0. The number of nitriles is 1. The summed E-state index contributed by atoms with van der Waals surface area (Å²) in [5, 5.41) is 11.9. The number of fused-ring (bicyclic) bond motifs is 1. The van der Waals surface area contributed by atoms with E-state index in [1.807, 2.05) is 18.2 Å². The Kier molecular flexibility index (Phi) is 1.91. The number of nitrogens with one attached hydrogen (secondary N) is 1. The standard InChI is InChI=1S/C10H11N3/c11-5-7-1-2-8-4-9(12)6-13-10(8)3-7/h1-3,9,13H,4,6,12H2/t9-/m1/s1. The summed E-state index contributed by atoms with van der Waals surface area (Å²) >= 11 is 0. The number of hydrogen-bond acceptors (Lipinski definition) is 3. The fraction of sp³-hybridized carbons (Fsp3) is 0.300. The molecule has 1 aromatic carbocycles. The molecule has 0 saturated carbocycles. The van der Waals surface area contributed by atoms with E-state index in [2.05, 4.69) is 11.4 Å². The van der Waals surface area contributed by atoms with E-state index in [-0.39, 0.29) is 6.04 Å². The molecule has 0 unspecified atom stereocenters. The fourth-order valence-corrected chi connectivity index (χ4v) is 1.58. The Bertz CT molecular complexity index is 365. The van der Waals surface area contributed by atoms with Crippen molar-refractivity contribution in [2.24, 2.45) is 5.73 Å². The van der Waals surface area contributed by atoms with Gasteiger partial charge in [-0.05, 0) is 24.1 Å². The number of rotatable bonds is 0. The van der Waals surface area contributed by atoms with E-state index >= 15 is 0 Å². The zero-order valence-electron chi connectivity index (χ0n) is 7.25. The van der Waals surface area contributed by atoms with Crippen LogP contribution in [0.25, 0.3) is 0 Å². The zero-order valence-corrected chi connectivity index (χ0v) is 7.25. The van der Waals surface area contributed by atoms with Gasteiger partial charge in [0, 0.05) is 18.3 Å². The molecule has 0 bridgehead atoms. The molecular formula is C10H11N3. The minimum absolute atomic E-state index is 0.195. The van der Waals surface area contributed by atoms with Crippen molar-refractivity contribution in [3.63, 3.8) is 0 Å². The van der Waals surface area contributed by atoms with Crippen molar-refractivity contribution in [3.05, 3.63) is 29.3 Å². The first-order valence-electron chi connectivity index (χ1n) is 4.32. The predicted octanol–water partition coefficient (Wildman–Crippen LogP) is 0.854. The van der Waals surface area contributed by atoms with E-state index in [1.165, 1.54) is 5.56 Å². The van der Waals surface area contributed by atoms with Crippen molar-refractivity contribution in [2.75, 3.05) is 11.9 Å². The molecular weight excluding hydrogens is 162 g/mol. The van der Waals surface area contributed by atoms with E-state index in [9.17, 15) is 0 Å². The first-order valence-corrected chi connectivity index (χ1v) is 4.32. The van der Waals surface area contributed by atoms with Crippen molar-refractivity contribution in [2.45, 2.75) is 12.5 Å². The number of benzene rings is 1. The zero-order chi connectivity index (χ0) is 9.26. The molecule has 2 rings (SSSR count). The van der Waals surface area contributed by atoms with E-state index in [0.29, 0.717) is 5.56 Å². The van der Waals surface area contributed by atoms with E-state index < -0.39 is 0 Å². The third-order valence-corrected chi connectivity index (χ3v) is 2.28. The molecule has 13 heavy (non-hydrogen) atoms. The normalized spacial score (nSPS) is 19.8. The highest BCUT2D eigenvalue weighted by Gasteiger charge is 2.14. The van der Waals surface area contributed by atoms with Gasteiger partial charge in [0.1, 0.15) is 0 Å². The number of nitrogens with two attached hydrogens (primary N) is 1. The van der Waals surface area contributed by atoms with Crippen LogP contribution in [0.4, 0.5) is 5.69 Å². The van der Waals surface area contributed by atoms with Crippen LogP contribution in [-0.4, -0.2) is 12.6 Å². The summed E-state index contributed by atoms with van der Waals surface area (Å²) in [5.74, 6) is 0. The molecule has 0 radical (unpaired) electrons. The van der Waals surface area contributed by atoms with Crippen LogP contribution in [0.2, 0.25) is 0 Å². The molecule has 3 N–H and O–H groups in total. The van der Waals surface area contributed by atoms with Crippen molar-refractivity contribution < 1.29 is 0 Å². The summed E-state index contributed by atoms with van der Waals surface area (Å²) in [7, 11) is 0. The number of hydrogen-bond donors (Lipinski definition) is 2. The minimum Gasteiger partial charge on any atom is -0.383 e. The highest BCUT2D eigenvalue weighted by Crippen LogP contribution is 2.22. The van der Waals surface area contributed by atoms with Crippen molar-refractivity contribution in [1.82, 2.24) is 0 Å². The molecule has 0 saturated heterocycles. The third kappa shape index (κ3) is 1.49. The van der Waals surface area contributed by atoms with Crippen molar-refractivity contribution in [3.8, 4) is 6.07 Å². The maximum atomic E-state index is 8.69. The lowest BCUT2D eigenvalue weighted by atomic mass is 9.99. The van der Waals surface area contributed by atoms with Gasteiger partial charge >= 0.3 is 0 Å².